The molecule has 0 bridgehead atoms. The van der Waals surface area contributed by atoms with E-state index >= 15 is 0 Å². The molecule has 0 aliphatic rings. The average molecular weight is 618 g/mol. The second-order valence-electron chi connectivity index (χ2n) is 11.5. The molecule has 9 N–H and O–H groups in total. The van der Waals surface area contributed by atoms with Gasteiger partial charge in [0.2, 0.25) is 17.7 Å². The first-order valence-corrected chi connectivity index (χ1v) is 14.7. The summed E-state index contributed by atoms with van der Waals surface area (Å²) in [6.07, 6.45) is 5.10. The van der Waals surface area contributed by atoms with Crippen molar-refractivity contribution in [1.82, 2.24) is 30.9 Å². The van der Waals surface area contributed by atoms with Gasteiger partial charge in [0.25, 0.3) is 0 Å². The normalized spacial score (nSPS) is 14.0. The molecule has 0 spiro atoms. The lowest BCUT2D eigenvalue weighted by Gasteiger charge is -2.26. The molecule has 13 nitrogen and oxygen atoms in total. The molecule has 4 aromatic rings. The van der Waals surface area contributed by atoms with Crippen LogP contribution in [0.3, 0.4) is 0 Å². The largest absolute Gasteiger partial charge is 0.508 e. The van der Waals surface area contributed by atoms with E-state index in [0.717, 1.165) is 22.0 Å². The number of carbonyl (C=O) groups excluding carboxylic acids is 3. The van der Waals surface area contributed by atoms with Crippen molar-refractivity contribution in [2.75, 3.05) is 0 Å². The maximum Gasteiger partial charge on any atom is 0.326 e. The Bertz CT molecular complexity index is 1600. The van der Waals surface area contributed by atoms with Crippen LogP contribution in [-0.2, 0) is 38.4 Å². The third kappa shape index (κ3) is 9.16. The van der Waals surface area contributed by atoms with Gasteiger partial charge < -0.3 is 41.9 Å². The van der Waals surface area contributed by atoms with E-state index in [4.69, 9.17) is 5.73 Å². The number of nitrogens with two attached hydrogens (primary N) is 1. The van der Waals surface area contributed by atoms with E-state index in [1.54, 1.807) is 18.3 Å². The molecule has 2 aromatic heterocycles. The minimum absolute atomic E-state index is 0.000289. The van der Waals surface area contributed by atoms with Crippen molar-refractivity contribution in [3.05, 3.63) is 84.1 Å². The Balaban J connectivity index is 1.48. The van der Waals surface area contributed by atoms with Gasteiger partial charge in [-0.15, -0.1) is 0 Å². The number of rotatable bonds is 15. The average Bonchev–Trinajstić information content (AvgIpc) is 3.67. The molecule has 13 heteroatoms. The number of H-pyrrole nitrogens is 2. The number of phenolic OH excluding ortho intramolecular Hbond substituents is 1. The number of carboxylic acids is 1. The first-order chi connectivity index (χ1) is 21.5. The number of phenols is 1. The van der Waals surface area contributed by atoms with E-state index in [-0.39, 0.29) is 37.4 Å². The molecular weight excluding hydrogens is 578 g/mol. The Kier molecular flexibility index (Phi) is 10.9. The molecule has 0 aliphatic heterocycles. The van der Waals surface area contributed by atoms with Gasteiger partial charge in [-0.2, -0.15) is 0 Å². The first kappa shape index (κ1) is 32.7. The molecule has 45 heavy (non-hydrogen) atoms. The molecule has 2 aromatic carbocycles. The third-order valence-electron chi connectivity index (χ3n) is 7.39. The van der Waals surface area contributed by atoms with Crippen molar-refractivity contribution in [3.8, 4) is 5.75 Å². The number of aliphatic carboxylic acids is 1. The number of aromatic nitrogens is 3. The van der Waals surface area contributed by atoms with Crippen molar-refractivity contribution in [1.29, 1.82) is 0 Å². The Morgan fingerprint density at radius 2 is 1.51 bits per heavy atom. The van der Waals surface area contributed by atoms with E-state index in [1.165, 1.54) is 24.7 Å². The summed E-state index contributed by atoms with van der Waals surface area (Å²) in [5.41, 5.74) is 8.97. The number of nitrogens with zero attached hydrogens (tertiary/aromatic N) is 1. The Labute approximate surface area is 260 Å². The standard InChI is InChI=1S/C32H39N7O6/c1-18(2)11-26(37-29(41)24(33)12-19-7-9-22(40)10-8-19)30(42)38-27(14-21-16-34-17-36-21)31(43)39-28(32(44)45)13-20-15-35-25-6-4-3-5-23(20)25/h3-10,15-18,24,26-28,35,40H,11-14,33H2,1-2H3,(H,34,36)(H,37,41)(H,38,42)(H,39,43)(H,44,45). The highest BCUT2D eigenvalue weighted by Gasteiger charge is 2.31. The van der Waals surface area contributed by atoms with Crippen molar-refractivity contribution >= 4 is 34.6 Å². The van der Waals surface area contributed by atoms with E-state index in [1.807, 2.05) is 38.1 Å². The van der Waals surface area contributed by atoms with Crippen LogP contribution in [-0.4, -0.2) is 73.0 Å². The van der Waals surface area contributed by atoms with Crippen molar-refractivity contribution < 1.29 is 29.4 Å². The molecule has 0 saturated carbocycles. The zero-order valence-corrected chi connectivity index (χ0v) is 25.1. The van der Waals surface area contributed by atoms with Gasteiger partial charge in [0.1, 0.15) is 23.9 Å². The van der Waals surface area contributed by atoms with Crippen LogP contribution in [0.4, 0.5) is 0 Å². The fourth-order valence-electron chi connectivity index (χ4n) is 5.05. The highest BCUT2D eigenvalue weighted by atomic mass is 16.4. The lowest BCUT2D eigenvalue weighted by molar-refractivity contribution is -0.142. The summed E-state index contributed by atoms with van der Waals surface area (Å²) in [5, 5.41) is 28.3. The van der Waals surface area contributed by atoms with Crippen molar-refractivity contribution in [2.24, 2.45) is 11.7 Å². The SMILES string of the molecule is CC(C)CC(NC(=O)C(N)Cc1ccc(O)cc1)C(=O)NC(Cc1cnc[nH]1)C(=O)NC(Cc1c[nH]c2ccccc12)C(=O)O. The van der Waals surface area contributed by atoms with Crippen LogP contribution in [0.2, 0.25) is 0 Å². The number of hydrogen-bond acceptors (Lipinski definition) is 7. The number of benzene rings is 2. The van der Waals surface area contributed by atoms with Crippen LogP contribution in [0, 0.1) is 5.92 Å². The predicted molar refractivity (Wildman–Crippen MR) is 167 cm³/mol. The van der Waals surface area contributed by atoms with Gasteiger partial charge in [-0.25, -0.2) is 9.78 Å². The number of hydrogen-bond donors (Lipinski definition) is 8. The molecule has 0 radical (unpaired) electrons. The first-order valence-electron chi connectivity index (χ1n) is 14.7. The Morgan fingerprint density at radius 3 is 2.18 bits per heavy atom. The molecule has 0 saturated heterocycles. The second-order valence-corrected chi connectivity index (χ2v) is 11.5. The fraction of sp³-hybridized carbons (Fsp3) is 0.344. The molecular formula is C32H39N7O6. The minimum Gasteiger partial charge on any atom is -0.508 e. The van der Waals surface area contributed by atoms with Crippen LogP contribution >= 0.6 is 0 Å². The molecule has 4 rings (SSSR count). The number of para-hydroxylation sites is 1. The lowest BCUT2D eigenvalue weighted by Crippen LogP contribution is -2.58. The van der Waals surface area contributed by atoms with Gasteiger partial charge in [0, 0.05) is 41.8 Å². The van der Waals surface area contributed by atoms with Gasteiger partial charge in [-0.05, 0) is 48.1 Å². The second kappa shape index (κ2) is 15.0. The summed E-state index contributed by atoms with van der Waals surface area (Å²) in [6.45, 7) is 3.78. The van der Waals surface area contributed by atoms with Gasteiger partial charge in [-0.3, -0.25) is 14.4 Å². The zero-order valence-electron chi connectivity index (χ0n) is 25.1. The molecule has 0 fully saturated rings. The van der Waals surface area contributed by atoms with E-state index in [0.29, 0.717) is 5.69 Å². The van der Waals surface area contributed by atoms with E-state index < -0.39 is 47.9 Å². The number of carboxylic acid groups (broad SMARTS) is 1. The number of nitrogens with one attached hydrogen (secondary N) is 5. The quantitative estimate of drug-likeness (QED) is 0.0977. The molecule has 3 amide bonds. The summed E-state index contributed by atoms with van der Waals surface area (Å²) in [4.78, 5) is 62.4. The Morgan fingerprint density at radius 1 is 0.844 bits per heavy atom. The van der Waals surface area contributed by atoms with Gasteiger partial charge in [0.05, 0.1) is 12.4 Å². The number of amides is 3. The maximum atomic E-state index is 13.6. The van der Waals surface area contributed by atoms with Gasteiger partial charge in [-0.1, -0.05) is 44.2 Å². The van der Waals surface area contributed by atoms with E-state index in [2.05, 4.69) is 30.9 Å². The molecule has 4 unspecified atom stereocenters. The summed E-state index contributed by atoms with van der Waals surface area (Å²) in [6, 6.07) is 9.30. The predicted octanol–water partition coefficient (Wildman–Crippen LogP) is 1.54. The van der Waals surface area contributed by atoms with Crippen LogP contribution in [0.1, 0.15) is 37.1 Å². The topological polar surface area (TPSA) is 215 Å². The number of fused-ring (bicyclic) bond motifs is 1. The molecule has 0 aliphatic carbocycles. The monoisotopic (exact) mass is 617 g/mol. The van der Waals surface area contributed by atoms with Crippen LogP contribution in [0.15, 0.2) is 67.3 Å². The van der Waals surface area contributed by atoms with Gasteiger partial charge >= 0.3 is 5.97 Å². The molecule has 4 atom stereocenters. The van der Waals surface area contributed by atoms with Crippen molar-refractivity contribution in [2.45, 2.75) is 63.7 Å². The summed E-state index contributed by atoms with van der Waals surface area (Å²) >= 11 is 0. The third-order valence-corrected chi connectivity index (χ3v) is 7.39. The number of imidazole rings is 1. The summed E-state index contributed by atoms with van der Waals surface area (Å²) in [5.74, 6) is -3.01. The van der Waals surface area contributed by atoms with Crippen LogP contribution < -0.4 is 21.7 Å². The molecule has 2 heterocycles. The Hall–Kier alpha value is -5.17. The number of aromatic hydroxyl groups is 1. The highest BCUT2D eigenvalue weighted by Crippen LogP contribution is 2.19. The van der Waals surface area contributed by atoms with Crippen molar-refractivity contribution in [3.63, 3.8) is 0 Å². The smallest absolute Gasteiger partial charge is 0.326 e. The number of carbonyl (C=O) groups is 4. The number of aromatic amines is 2. The minimum atomic E-state index is -1.28. The summed E-state index contributed by atoms with van der Waals surface area (Å²) in [7, 11) is 0. The van der Waals surface area contributed by atoms with Gasteiger partial charge in [0.15, 0.2) is 0 Å². The summed E-state index contributed by atoms with van der Waals surface area (Å²) < 4.78 is 0. The maximum absolute atomic E-state index is 13.6. The lowest BCUT2D eigenvalue weighted by atomic mass is 10.0. The highest BCUT2D eigenvalue weighted by molar-refractivity contribution is 5.94. The zero-order chi connectivity index (χ0) is 32.5. The molecule has 238 valence electrons. The fourth-order valence-corrected chi connectivity index (χ4v) is 5.05. The van der Waals surface area contributed by atoms with Crippen LogP contribution in [0.25, 0.3) is 10.9 Å². The van der Waals surface area contributed by atoms with Crippen LogP contribution in [0.5, 0.6) is 5.75 Å². The van der Waals surface area contributed by atoms with E-state index in [9.17, 15) is 29.4 Å².